The fourth-order valence-corrected chi connectivity index (χ4v) is 1.53. The molecule has 0 aliphatic heterocycles. The summed E-state index contributed by atoms with van der Waals surface area (Å²) in [6.07, 6.45) is 3.26. The van der Waals surface area contributed by atoms with E-state index in [1.807, 2.05) is 0 Å². The first kappa shape index (κ1) is 12.0. The molecule has 0 atom stereocenters. The zero-order chi connectivity index (χ0) is 13.1. The van der Waals surface area contributed by atoms with Gasteiger partial charge >= 0.3 is 0 Å². The van der Waals surface area contributed by atoms with Gasteiger partial charge in [-0.15, -0.1) is 0 Å². The van der Waals surface area contributed by atoms with Crippen molar-refractivity contribution in [3.05, 3.63) is 53.3 Å². The Labute approximate surface area is 103 Å². The Balaban J connectivity index is 2.29. The lowest BCUT2D eigenvalue weighted by atomic mass is 10.1. The van der Waals surface area contributed by atoms with Gasteiger partial charge in [-0.05, 0) is 35.4 Å². The van der Waals surface area contributed by atoms with E-state index in [1.165, 1.54) is 12.1 Å². The molecule has 0 unspecified atom stereocenters. The summed E-state index contributed by atoms with van der Waals surface area (Å²) in [6.45, 7) is 0. The standard InChI is InChI=1S/C14H11FO3/c15-14-12(17)7-10(8-13(14)18)5-4-9-2-1-3-11(16)6-9/h1-8,16-18H/b5-4+. The maximum atomic E-state index is 13.0. The van der Waals surface area contributed by atoms with E-state index in [4.69, 9.17) is 0 Å². The Morgan fingerprint density at radius 2 is 1.44 bits per heavy atom. The lowest BCUT2D eigenvalue weighted by molar-refractivity contribution is 0.389. The molecule has 0 aliphatic rings. The van der Waals surface area contributed by atoms with Crippen molar-refractivity contribution in [1.82, 2.24) is 0 Å². The summed E-state index contributed by atoms with van der Waals surface area (Å²) in [5.74, 6) is -2.11. The zero-order valence-corrected chi connectivity index (χ0v) is 9.34. The van der Waals surface area contributed by atoms with E-state index in [-0.39, 0.29) is 5.75 Å². The molecule has 0 saturated carbocycles. The summed E-state index contributed by atoms with van der Waals surface area (Å²) in [5, 5.41) is 27.7. The number of hydrogen-bond acceptors (Lipinski definition) is 3. The molecule has 3 N–H and O–H groups in total. The second-order valence-electron chi connectivity index (χ2n) is 3.80. The van der Waals surface area contributed by atoms with Gasteiger partial charge in [0.25, 0.3) is 0 Å². The second-order valence-corrected chi connectivity index (χ2v) is 3.80. The molecule has 0 saturated heterocycles. The molecular weight excluding hydrogens is 235 g/mol. The maximum Gasteiger partial charge on any atom is 0.206 e. The van der Waals surface area contributed by atoms with Crippen molar-refractivity contribution in [2.45, 2.75) is 0 Å². The fraction of sp³-hybridized carbons (Fsp3) is 0. The molecule has 0 aliphatic carbocycles. The second kappa shape index (κ2) is 4.79. The van der Waals surface area contributed by atoms with Crippen LogP contribution < -0.4 is 0 Å². The van der Waals surface area contributed by atoms with Gasteiger partial charge in [0, 0.05) is 0 Å². The van der Waals surface area contributed by atoms with Crippen LogP contribution in [0.25, 0.3) is 12.2 Å². The van der Waals surface area contributed by atoms with Crippen LogP contribution >= 0.6 is 0 Å². The topological polar surface area (TPSA) is 60.7 Å². The van der Waals surface area contributed by atoms with Crippen molar-refractivity contribution < 1.29 is 19.7 Å². The van der Waals surface area contributed by atoms with E-state index < -0.39 is 17.3 Å². The van der Waals surface area contributed by atoms with Gasteiger partial charge in [-0.3, -0.25) is 0 Å². The van der Waals surface area contributed by atoms with Crippen LogP contribution in [0.5, 0.6) is 17.2 Å². The van der Waals surface area contributed by atoms with Crippen LogP contribution in [-0.4, -0.2) is 15.3 Å². The van der Waals surface area contributed by atoms with Crippen LogP contribution in [0.15, 0.2) is 36.4 Å². The number of phenolic OH excluding ortho intramolecular Hbond substituents is 3. The van der Waals surface area contributed by atoms with Crippen molar-refractivity contribution in [2.24, 2.45) is 0 Å². The van der Waals surface area contributed by atoms with E-state index >= 15 is 0 Å². The number of phenols is 3. The third-order valence-electron chi connectivity index (χ3n) is 2.39. The minimum Gasteiger partial charge on any atom is -0.508 e. The Hall–Kier alpha value is -2.49. The summed E-state index contributed by atoms with van der Waals surface area (Å²) < 4.78 is 13.0. The van der Waals surface area contributed by atoms with Gasteiger partial charge in [-0.25, -0.2) is 0 Å². The van der Waals surface area contributed by atoms with Gasteiger partial charge in [-0.2, -0.15) is 4.39 Å². The normalized spacial score (nSPS) is 10.9. The van der Waals surface area contributed by atoms with E-state index in [0.717, 1.165) is 5.56 Å². The van der Waals surface area contributed by atoms with Crippen LogP contribution in [0.3, 0.4) is 0 Å². The van der Waals surface area contributed by atoms with E-state index in [2.05, 4.69) is 0 Å². The molecule has 2 rings (SSSR count). The summed E-state index contributed by atoms with van der Waals surface area (Å²) in [7, 11) is 0. The number of rotatable bonds is 2. The number of halogens is 1. The van der Waals surface area contributed by atoms with Crippen LogP contribution in [0.2, 0.25) is 0 Å². The fourth-order valence-electron chi connectivity index (χ4n) is 1.53. The highest BCUT2D eigenvalue weighted by molar-refractivity contribution is 5.71. The molecule has 0 amide bonds. The molecule has 2 aromatic carbocycles. The summed E-state index contributed by atoms with van der Waals surface area (Å²) in [5.41, 5.74) is 1.20. The predicted molar refractivity (Wildman–Crippen MR) is 66.8 cm³/mol. The largest absolute Gasteiger partial charge is 0.508 e. The average Bonchev–Trinajstić information content (AvgIpc) is 2.33. The van der Waals surface area contributed by atoms with Gasteiger partial charge in [0.2, 0.25) is 5.82 Å². The Morgan fingerprint density at radius 1 is 0.833 bits per heavy atom. The molecule has 0 aromatic heterocycles. The van der Waals surface area contributed by atoms with E-state index in [0.29, 0.717) is 5.56 Å². The first-order chi connectivity index (χ1) is 8.56. The Kier molecular flexibility index (Phi) is 3.19. The molecule has 2 aromatic rings. The monoisotopic (exact) mass is 246 g/mol. The number of hydrogen-bond donors (Lipinski definition) is 3. The quantitative estimate of drug-likeness (QED) is 0.713. The first-order valence-corrected chi connectivity index (χ1v) is 5.25. The Morgan fingerprint density at radius 3 is 2.06 bits per heavy atom. The smallest absolute Gasteiger partial charge is 0.206 e. The minimum atomic E-state index is -1.04. The van der Waals surface area contributed by atoms with E-state index in [9.17, 15) is 19.7 Å². The van der Waals surface area contributed by atoms with Crippen molar-refractivity contribution in [3.63, 3.8) is 0 Å². The molecule has 0 spiro atoms. The molecule has 0 fully saturated rings. The highest BCUT2D eigenvalue weighted by atomic mass is 19.1. The van der Waals surface area contributed by atoms with Crippen molar-refractivity contribution in [3.8, 4) is 17.2 Å². The van der Waals surface area contributed by atoms with Gasteiger partial charge in [0.1, 0.15) is 5.75 Å². The van der Waals surface area contributed by atoms with Crippen molar-refractivity contribution in [2.75, 3.05) is 0 Å². The van der Waals surface area contributed by atoms with Gasteiger partial charge in [0.15, 0.2) is 11.5 Å². The van der Waals surface area contributed by atoms with Gasteiger partial charge < -0.3 is 15.3 Å². The molecule has 18 heavy (non-hydrogen) atoms. The third-order valence-corrected chi connectivity index (χ3v) is 2.39. The molecule has 92 valence electrons. The predicted octanol–water partition coefficient (Wildman–Crippen LogP) is 3.11. The number of benzene rings is 2. The third kappa shape index (κ3) is 2.60. The molecule has 4 heteroatoms. The summed E-state index contributed by atoms with van der Waals surface area (Å²) >= 11 is 0. The SMILES string of the molecule is Oc1cccc(/C=C/c2cc(O)c(F)c(O)c2)c1. The number of aromatic hydroxyl groups is 3. The molecular formula is C14H11FO3. The summed E-state index contributed by atoms with van der Waals surface area (Å²) in [4.78, 5) is 0. The molecule has 3 nitrogen and oxygen atoms in total. The van der Waals surface area contributed by atoms with Gasteiger partial charge in [-0.1, -0.05) is 24.3 Å². The maximum absolute atomic E-state index is 13.0. The molecule has 0 heterocycles. The molecule has 0 radical (unpaired) electrons. The van der Waals surface area contributed by atoms with Crippen LogP contribution in [0.4, 0.5) is 4.39 Å². The van der Waals surface area contributed by atoms with Crippen LogP contribution in [-0.2, 0) is 0 Å². The van der Waals surface area contributed by atoms with E-state index in [1.54, 1.807) is 36.4 Å². The van der Waals surface area contributed by atoms with Gasteiger partial charge in [0.05, 0.1) is 0 Å². The zero-order valence-electron chi connectivity index (χ0n) is 9.34. The van der Waals surface area contributed by atoms with Crippen LogP contribution in [0.1, 0.15) is 11.1 Å². The highest BCUT2D eigenvalue weighted by Gasteiger charge is 2.07. The Bertz CT molecular complexity index is 583. The summed E-state index contributed by atoms with van der Waals surface area (Å²) in [6, 6.07) is 8.98. The van der Waals surface area contributed by atoms with Crippen molar-refractivity contribution in [1.29, 1.82) is 0 Å². The van der Waals surface area contributed by atoms with Crippen LogP contribution in [0, 0.1) is 5.82 Å². The molecule has 0 bridgehead atoms. The highest BCUT2D eigenvalue weighted by Crippen LogP contribution is 2.27. The lowest BCUT2D eigenvalue weighted by Gasteiger charge is -2.01. The minimum absolute atomic E-state index is 0.141. The van der Waals surface area contributed by atoms with Crippen molar-refractivity contribution >= 4 is 12.2 Å². The lowest BCUT2D eigenvalue weighted by Crippen LogP contribution is -1.80. The average molecular weight is 246 g/mol. The first-order valence-electron chi connectivity index (χ1n) is 5.25.